The van der Waals surface area contributed by atoms with Crippen molar-refractivity contribution in [2.45, 2.75) is 168 Å². The number of carbonyl (C=O) groups excluding carboxylic acids is 11. The Hall–Kier alpha value is -8.75. The van der Waals surface area contributed by atoms with Crippen LogP contribution in [-0.2, 0) is 135 Å². The number of nitrogens with zero attached hydrogens (tertiary/aromatic N) is 3. The predicted octanol–water partition coefficient (Wildman–Crippen LogP) is 1.61. The van der Waals surface area contributed by atoms with Crippen LogP contribution in [0.25, 0.3) is 22.3 Å². The van der Waals surface area contributed by atoms with E-state index in [2.05, 4.69) is 37.2 Å². The number of nitrogens with one attached hydrogen (secondary N) is 7. The van der Waals surface area contributed by atoms with Gasteiger partial charge in [0.05, 0.1) is 148 Å². The third-order valence-corrected chi connectivity index (χ3v) is 17.9. The van der Waals surface area contributed by atoms with E-state index in [1.54, 1.807) is 77.5 Å². The second-order valence-electron chi connectivity index (χ2n) is 28.1. The number of unbranched alkanes of at least 4 members (excludes halogenated alkanes) is 1. The van der Waals surface area contributed by atoms with Crippen molar-refractivity contribution < 1.29 is 115 Å². The second-order valence-corrected chi connectivity index (χ2v) is 28.1. The van der Waals surface area contributed by atoms with Crippen LogP contribution in [0.4, 0.5) is 5.69 Å². The molecular formula is C77H114N10O25. The van der Waals surface area contributed by atoms with Gasteiger partial charge in [0.25, 0.3) is 17.4 Å². The first kappa shape index (κ1) is 92.1. The number of aliphatic hydroxyl groups is 1. The molecule has 0 aliphatic carbocycles. The first-order valence-corrected chi connectivity index (χ1v) is 38.3. The number of ether oxygens (including phenoxy) is 12. The Bertz CT molecular complexity index is 3710. The van der Waals surface area contributed by atoms with Crippen LogP contribution >= 0.6 is 0 Å². The van der Waals surface area contributed by atoms with Gasteiger partial charge in [-0.05, 0) is 108 Å². The maximum atomic E-state index is 14.2. The van der Waals surface area contributed by atoms with Gasteiger partial charge in [0.2, 0.25) is 41.4 Å². The molecule has 3 aromatic rings. The Morgan fingerprint density at radius 3 is 1.71 bits per heavy atom. The molecule has 112 heavy (non-hydrogen) atoms. The SMILES string of the molecule is CCCc1c2c(nc3ccc(NC(=O)[C@H](C)NC(=O)[C@@H](NC(=O)[C@H](CCC(=O)OC(C)(C)C)NC(=O)CCCNC(=O)[C@H](CCCCNC(=O)COCCOCCOCCOCCOCCOCCOCCOCCOCCOC)NC(=O)CN4C(=O)C=CC4=O)C(C)C)cc13)-c1cc3c(c(=O)n1C2)COC(=O)[C@]3(O)CC. The van der Waals surface area contributed by atoms with Gasteiger partial charge in [-0.3, -0.25) is 57.6 Å². The fraction of sp³-hybridized carbons (Fsp3) is 0.649. The number of benzene rings is 1. The highest BCUT2D eigenvalue weighted by Crippen LogP contribution is 2.41. The van der Waals surface area contributed by atoms with Crippen molar-refractivity contribution in [3.05, 3.63) is 69.0 Å². The number of hydrogen-bond donors (Lipinski definition) is 8. The molecule has 3 aliphatic rings. The Morgan fingerprint density at radius 2 is 1.16 bits per heavy atom. The minimum Gasteiger partial charge on any atom is -0.460 e. The number of anilines is 1. The van der Waals surface area contributed by atoms with E-state index < -0.39 is 118 Å². The summed E-state index contributed by atoms with van der Waals surface area (Å²) < 4.78 is 66.3. The summed E-state index contributed by atoms with van der Waals surface area (Å²) in [5, 5.41) is 31.0. The molecule has 0 saturated heterocycles. The molecule has 1 aromatic carbocycles. The Balaban J connectivity index is 0.900. The van der Waals surface area contributed by atoms with E-state index in [1.807, 2.05) is 6.92 Å². The fourth-order valence-corrected chi connectivity index (χ4v) is 12.0. The first-order chi connectivity index (χ1) is 53.7. The van der Waals surface area contributed by atoms with Gasteiger partial charge in [0, 0.05) is 67.4 Å². The average Bonchev–Trinajstić information content (AvgIpc) is 1.53. The van der Waals surface area contributed by atoms with Crippen LogP contribution < -0.4 is 42.8 Å². The Kier molecular flexibility index (Phi) is 39.8. The van der Waals surface area contributed by atoms with E-state index in [0.29, 0.717) is 164 Å². The second kappa shape index (κ2) is 48.3. The van der Waals surface area contributed by atoms with Crippen molar-refractivity contribution >= 4 is 81.7 Å². The highest BCUT2D eigenvalue weighted by Gasteiger charge is 2.46. The van der Waals surface area contributed by atoms with Crippen LogP contribution in [0.2, 0.25) is 0 Å². The number of methoxy groups -OCH3 is 1. The highest BCUT2D eigenvalue weighted by atomic mass is 16.6. The summed E-state index contributed by atoms with van der Waals surface area (Å²) >= 11 is 0. The van der Waals surface area contributed by atoms with Crippen molar-refractivity contribution in [2.24, 2.45) is 5.92 Å². The van der Waals surface area contributed by atoms with Crippen molar-refractivity contribution in [3.8, 4) is 11.4 Å². The lowest BCUT2D eigenvalue weighted by atomic mass is 9.86. The molecule has 622 valence electrons. The lowest BCUT2D eigenvalue weighted by Crippen LogP contribution is -2.57. The maximum absolute atomic E-state index is 14.2. The smallest absolute Gasteiger partial charge is 0.343 e. The minimum absolute atomic E-state index is 0.00719. The average molecular weight is 1580 g/mol. The summed E-state index contributed by atoms with van der Waals surface area (Å²) in [4.78, 5) is 165. The monoisotopic (exact) mass is 1580 g/mol. The van der Waals surface area contributed by atoms with Crippen LogP contribution in [0, 0.1) is 5.92 Å². The number of imide groups is 1. The third kappa shape index (κ3) is 30.3. The van der Waals surface area contributed by atoms with E-state index in [-0.39, 0.29) is 95.7 Å². The molecule has 9 amide bonds. The Labute approximate surface area is 652 Å². The molecule has 0 bridgehead atoms. The molecule has 0 radical (unpaired) electrons. The molecule has 5 heterocycles. The van der Waals surface area contributed by atoms with Crippen LogP contribution in [0.1, 0.15) is 135 Å². The normalized spacial score (nSPS) is 15.4. The van der Waals surface area contributed by atoms with Crippen LogP contribution in [0.5, 0.6) is 0 Å². The zero-order valence-electron chi connectivity index (χ0n) is 66.0. The first-order valence-electron chi connectivity index (χ1n) is 38.3. The van der Waals surface area contributed by atoms with Crippen molar-refractivity contribution in [3.63, 3.8) is 0 Å². The number of hydrogen-bond acceptors (Lipinski definition) is 26. The van der Waals surface area contributed by atoms with E-state index >= 15 is 0 Å². The Morgan fingerprint density at radius 1 is 0.607 bits per heavy atom. The van der Waals surface area contributed by atoms with Crippen LogP contribution in [0.3, 0.4) is 0 Å². The summed E-state index contributed by atoms with van der Waals surface area (Å²) in [5.74, 6) is -8.10. The quantitative estimate of drug-likeness (QED) is 0.0177. The van der Waals surface area contributed by atoms with Crippen molar-refractivity contribution in [1.82, 2.24) is 46.4 Å². The summed E-state index contributed by atoms with van der Waals surface area (Å²) in [6, 6.07) is 1.82. The summed E-state index contributed by atoms with van der Waals surface area (Å²) in [6.45, 7) is 19.9. The molecule has 0 unspecified atom stereocenters. The van der Waals surface area contributed by atoms with E-state index in [1.165, 1.54) is 6.92 Å². The maximum Gasteiger partial charge on any atom is 0.343 e. The van der Waals surface area contributed by atoms with Gasteiger partial charge in [0.15, 0.2) is 5.60 Å². The van der Waals surface area contributed by atoms with Crippen LogP contribution in [-0.4, -0.2) is 267 Å². The fourth-order valence-electron chi connectivity index (χ4n) is 12.0. The predicted molar refractivity (Wildman–Crippen MR) is 405 cm³/mol. The molecule has 0 fully saturated rings. The van der Waals surface area contributed by atoms with E-state index in [9.17, 15) is 62.6 Å². The molecule has 0 saturated carbocycles. The van der Waals surface area contributed by atoms with Gasteiger partial charge < -0.3 is 104 Å². The number of pyridine rings is 2. The third-order valence-electron chi connectivity index (χ3n) is 17.9. The molecule has 5 atom stereocenters. The molecular weight excluding hydrogens is 1460 g/mol. The topological polar surface area (TPSA) is 441 Å². The standard InChI is InChI=1S/C77H114N10O25/c1-10-15-53-54-44-52(18-19-58(54)84-69-55(53)46-86-61(69)45-57-56(74(86)98)48-111-75(99)77(57,100)11-2)81-70(94)51(5)80-73(97)68(50(3)4)85-72(96)60(20-23-67(93)112-76(6,7)8)82-62(88)17-14-25-79-71(95)59(83-63(89)47-87-65(91)21-22-66(87)92)16-12-13-24-78-64(90)49-110-43-42-109-41-40-108-39-38-107-37-36-106-35-34-105-33-32-104-31-30-103-29-28-102-27-26-101-9/h18-19,21-22,44-45,50-51,59-60,68,100H,10-17,20,23-43,46-49H2,1-9H3,(H,78,90)(H,79,95)(H,80,97)(H,81,94)(H,82,88)(H,83,89)(H,85,96)/t51-,59-,60-,68-,77-/m0/s1. The number of carbonyl (C=O) groups is 11. The summed E-state index contributed by atoms with van der Waals surface area (Å²) in [6.07, 6.45) is 3.30. The van der Waals surface area contributed by atoms with Crippen molar-refractivity contribution in [1.29, 1.82) is 0 Å². The summed E-state index contributed by atoms with van der Waals surface area (Å²) in [7, 11) is 1.62. The number of cyclic esters (lactones) is 1. The van der Waals surface area contributed by atoms with E-state index in [0.717, 1.165) is 23.3 Å². The number of esters is 2. The zero-order chi connectivity index (χ0) is 81.6. The lowest BCUT2D eigenvalue weighted by Gasteiger charge is -2.31. The molecule has 35 heteroatoms. The zero-order valence-corrected chi connectivity index (χ0v) is 66.0. The number of amides is 9. The van der Waals surface area contributed by atoms with E-state index in [4.69, 9.17) is 61.8 Å². The van der Waals surface area contributed by atoms with Crippen LogP contribution in [0.15, 0.2) is 41.2 Å². The highest BCUT2D eigenvalue weighted by molar-refractivity contribution is 6.14. The van der Waals surface area contributed by atoms with Gasteiger partial charge in [-0.15, -0.1) is 0 Å². The van der Waals surface area contributed by atoms with Gasteiger partial charge in [-0.2, -0.15) is 0 Å². The van der Waals surface area contributed by atoms with Gasteiger partial charge in [-0.25, -0.2) is 9.78 Å². The number of aryl methyl sites for hydroxylation is 1. The minimum atomic E-state index is -2.00. The summed E-state index contributed by atoms with van der Waals surface area (Å²) in [5.41, 5.74) is 0.734. The largest absolute Gasteiger partial charge is 0.460 e. The van der Waals surface area contributed by atoms with Gasteiger partial charge in [-0.1, -0.05) is 34.1 Å². The molecule has 0 spiro atoms. The number of aromatic nitrogens is 2. The molecule has 35 nitrogen and oxygen atoms in total. The van der Waals surface area contributed by atoms with Crippen molar-refractivity contribution in [2.75, 3.05) is 158 Å². The molecule has 2 aromatic heterocycles. The molecule has 6 rings (SSSR count). The number of fused-ring (bicyclic) bond motifs is 5. The van der Waals surface area contributed by atoms with Gasteiger partial charge in [0.1, 0.15) is 49.5 Å². The van der Waals surface area contributed by atoms with Gasteiger partial charge >= 0.3 is 11.9 Å². The molecule has 8 N–H and O–H groups in total. The lowest BCUT2D eigenvalue weighted by molar-refractivity contribution is -0.172. The number of rotatable bonds is 56. The molecule has 3 aliphatic heterocycles.